The lowest BCUT2D eigenvalue weighted by molar-refractivity contribution is -0.118. The second-order valence-corrected chi connectivity index (χ2v) is 5.02. The topological polar surface area (TPSA) is 55.1 Å². The Morgan fingerprint density at radius 3 is 2.67 bits per heavy atom. The summed E-state index contributed by atoms with van der Waals surface area (Å²) >= 11 is 4.95. The summed E-state index contributed by atoms with van der Waals surface area (Å²) in [5, 5.41) is 2.91. The molecule has 0 spiro atoms. The smallest absolute Gasteiger partial charge is 0.234 e. The lowest BCUT2D eigenvalue weighted by Gasteiger charge is -2.16. The van der Waals surface area contributed by atoms with Crippen LogP contribution in [0.15, 0.2) is 18.2 Å². The van der Waals surface area contributed by atoms with Gasteiger partial charge in [-0.25, -0.2) is 0 Å². The van der Waals surface area contributed by atoms with E-state index in [9.17, 15) is 4.79 Å². The van der Waals surface area contributed by atoms with Gasteiger partial charge in [0.15, 0.2) is 0 Å². The largest absolute Gasteiger partial charge is 0.393 e. The fourth-order valence-electron chi connectivity index (χ4n) is 1.78. The molecule has 1 rings (SSSR count). The van der Waals surface area contributed by atoms with Crippen LogP contribution in [-0.4, -0.2) is 10.9 Å². The summed E-state index contributed by atoms with van der Waals surface area (Å²) in [5.41, 5.74) is 8.59. The highest BCUT2D eigenvalue weighted by Crippen LogP contribution is 2.18. The van der Waals surface area contributed by atoms with Gasteiger partial charge in [-0.3, -0.25) is 4.79 Å². The first-order valence-electron chi connectivity index (χ1n) is 6.13. The number of benzene rings is 1. The molecule has 0 aliphatic heterocycles. The van der Waals surface area contributed by atoms with Crippen molar-refractivity contribution >= 4 is 28.8 Å². The number of hydrogen-bond donors (Lipinski definition) is 2. The van der Waals surface area contributed by atoms with E-state index in [1.54, 1.807) is 0 Å². The molecule has 0 radical (unpaired) electrons. The average molecular weight is 264 g/mol. The quantitative estimate of drug-likeness (QED) is 0.804. The van der Waals surface area contributed by atoms with Crippen molar-refractivity contribution < 1.29 is 4.79 Å². The van der Waals surface area contributed by atoms with E-state index >= 15 is 0 Å². The van der Waals surface area contributed by atoms with E-state index in [0.29, 0.717) is 6.42 Å². The number of nitrogens with two attached hydrogens (primary N) is 1. The number of rotatable bonds is 5. The number of anilines is 1. The summed E-state index contributed by atoms with van der Waals surface area (Å²) < 4.78 is 0. The summed E-state index contributed by atoms with van der Waals surface area (Å²) in [5.74, 6) is -0.497. The van der Waals surface area contributed by atoms with Crippen LogP contribution in [0.3, 0.4) is 0 Å². The minimum Gasteiger partial charge on any atom is -0.393 e. The van der Waals surface area contributed by atoms with Gasteiger partial charge < -0.3 is 11.1 Å². The van der Waals surface area contributed by atoms with Gasteiger partial charge in [-0.05, 0) is 37.5 Å². The van der Waals surface area contributed by atoms with Crippen LogP contribution < -0.4 is 11.1 Å². The molecule has 3 N–H and O–H groups in total. The second kappa shape index (κ2) is 6.50. The molecule has 0 heterocycles. The van der Waals surface area contributed by atoms with Gasteiger partial charge in [-0.2, -0.15) is 0 Å². The van der Waals surface area contributed by atoms with Gasteiger partial charge in [-0.15, -0.1) is 0 Å². The van der Waals surface area contributed by atoms with E-state index in [1.165, 1.54) is 0 Å². The zero-order valence-corrected chi connectivity index (χ0v) is 11.9. The number of thiocarbonyl (C=S) groups is 1. The average Bonchev–Trinajstić information content (AvgIpc) is 2.30. The molecular weight excluding hydrogens is 244 g/mol. The van der Waals surface area contributed by atoms with Crippen LogP contribution in [0.5, 0.6) is 0 Å². The Hall–Kier alpha value is -1.42. The highest BCUT2D eigenvalue weighted by Gasteiger charge is 2.20. The molecule has 18 heavy (non-hydrogen) atoms. The van der Waals surface area contributed by atoms with Crippen LogP contribution in [0, 0.1) is 19.8 Å². The van der Waals surface area contributed by atoms with Gasteiger partial charge in [0.1, 0.15) is 0 Å². The van der Waals surface area contributed by atoms with Crippen LogP contribution in [0.1, 0.15) is 30.9 Å². The van der Waals surface area contributed by atoms with E-state index in [-0.39, 0.29) is 16.8 Å². The highest BCUT2D eigenvalue weighted by molar-refractivity contribution is 7.80. The Balaban J connectivity index is 2.85. The molecule has 0 bridgehead atoms. The maximum atomic E-state index is 12.1. The molecule has 0 aliphatic carbocycles. The fourth-order valence-corrected chi connectivity index (χ4v) is 2.01. The Kier molecular flexibility index (Phi) is 5.28. The molecule has 0 aliphatic rings. The van der Waals surface area contributed by atoms with Crippen molar-refractivity contribution in [1.29, 1.82) is 0 Å². The van der Waals surface area contributed by atoms with Gasteiger partial charge in [-0.1, -0.05) is 37.7 Å². The standard InChI is InChI=1S/C14H20N2OS/c1-4-5-11(13(15)18)14(17)16-12-8-9(2)6-7-10(12)3/h6-8,11H,4-5H2,1-3H3,(H2,15,18)(H,16,17). The van der Waals surface area contributed by atoms with Gasteiger partial charge >= 0.3 is 0 Å². The first kappa shape index (κ1) is 14.6. The lowest BCUT2D eigenvalue weighted by Crippen LogP contribution is -2.33. The Morgan fingerprint density at radius 2 is 2.11 bits per heavy atom. The Labute approximate surface area is 114 Å². The number of nitrogens with one attached hydrogen (secondary N) is 1. The van der Waals surface area contributed by atoms with Crippen LogP contribution in [0.2, 0.25) is 0 Å². The lowest BCUT2D eigenvalue weighted by atomic mass is 10.0. The van der Waals surface area contributed by atoms with E-state index in [1.807, 2.05) is 39.0 Å². The second-order valence-electron chi connectivity index (χ2n) is 4.55. The van der Waals surface area contributed by atoms with Crippen molar-refractivity contribution in [3.8, 4) is 0 Å². The summed E-state index contributed by atoms with van der Waals surface area (Å²) in [7, 11) is 0. The Bertz CT molecular complexity index is 457. The first-order chi connectivity index (χ1) is 8.45. The molecule has 98 valence electrons. The van der Waals surface area contributed by atoms with E-state index in [0.717, 1.165) is 23.2 Å². The maximum Gasteiger partial charge on any atom is 0.234 e. The molecule has 3 nitrogen and oxygen atoms in total. The predicted molar refractivity (Wildman–Crippen MR) is 79.7 cm³/mol. The van der Waals surface area contributed by atoms with Gasteiger partial charge in [0.05, 0.1) is 10.9 Å². The normalized spacial score (nSPS) is 11.9. The number of carbonyl (C=O) groups is 1. The van der Waals surface area contributed by atoms with Crippen molar-refractivity contribution in [3.63, 3.8) is 0 Å². The number of carbonyl (C=O) groups excluding carboxylic acids is 1. The Morgan fingerprint density at radius 1 is 1.44 bits per heavy atom. The van der Waals surface area contributed by atoms with Gasteiger partial charge in [0, 0.05) is 5.69 Å². The predicted octanol–water partition coefficient (Wildman–Crippen LogP) is 2.94. The fraction of sp³-hybridized carbons (Fsp3) is 0.429. The molecule has 1 unspecified atom stereocenters. The van der Waals surface area contributed by atoms with Crippen LogP contribution >= 0.6 is 12.2 Å². The zero-order valence-electron chi connectivity index (χ0n) is 11.1. The van der Waals surface area contributed by atoms with Gasteiger partial charge in [0.2, 0.25) is 5.91 Å². The van der Waals surface area contributed by atoms with E-state index in [2.05, 4.69) is 5.32 Å². The number of hydrogen-bond acceptors (Lipinski definition) is 2. The van der Waals surface area contributed by atoms with Crippen molar-refractivity contribution in [2.24, 2.45) is 11.7 Å². The molecular formula is C14H20N2OS. The summed E-state index contributed by atoms with van der Waals surface area (Å²) in [4.78, 5) is 12.4. The minimum absolute atomic E-state index is 0.113. The molecule has 0 fully saturated rings. The molecule has 0 aromatic heterocycles. The van der Waals surface area contributed by atoms with E-state index < -0.39 is 0 Å². The molecule has 1 aromatic rings. The first-order valence-corrected chi connectivity index (χ1v) is 6.54. The summed E-state index contributed by atoms with van der Waals surface area (Å²) in [6.07, 6.45) is 1.56. The molecule has 0 saturated carbocycles. The van der Waals surface area contributed by atoms with Crippen LogP contribution in [-0.2, 0) is 4.79 Å². The number of aryl methyl sites for hydroxylation is 2. The SMILES string of the molecule is CCCC(C(=O)Nc1cc(C)ccc1C)C(N)=S. The van der Waals surface area contributed by atoms with Crippen molar-refractivity contribution in [1.82, 2.24) is 0 Å². The molecule has 1 atom stereocenters. The minimum atomic E-state index is -0.384. The molecule has 1 amide bonds. The summed E-state index contributed by atoms with van der Waals surface area (Å²) in [6, 6.07) is 5.96. The van der Waals surface area contributed by atoms with Crippen molar-refractivity contribution in [3.05, 3.63) is 29.3 Å². The van der Waals surface area contributed by atoms with Crippen molar-refractivity contribution in [2.45, 2.75) is 33.6 Å². The third-order valence-electron chi connectivity index (χ3n) is 2.89. The maximum absolute atomic E-state index is 12.1. The molecule has 0 saturated heterocycles. The van der Waals surface area contributed by atoms with Crippen LogP contribution in [0.4, 0.5) is 5.69 Å². The number of amides is 1. The van der Waals surface area contributed by atoms with Crippen LogP contribution in [0.25, 0.3) is 0 Å². The van der Waals surface area contributed by atoms with Crippen molar-refractivity contribution in [2.75, 3.05) is 5.32 Å². The summed E-state index contributed by atoms with van der Waals surface area (Å²) in [6.45, 7) is 5.97. The van der Waals surface area contributed by atoms with Gasteiger partial charge in [0.25, 0.3) is 0 Å². The third kappa shape index (κ3) is 3.81. The molecule has 1 aromatic carbocycles. The third-order valence-corrected chi connectivity index (χ3v) is 3.17. The van der Waals surface area contributed by atoms with E-state index in [4.69, 9.17) is 18.0 Å². The zero-order chi connectivity index (χ0) is 13.7. The molecule has 4 heteroatoms. The monoisotopic (exact) mass is 264 g/mol. The highest BCUT2D eigenvalue weighted by atomic mass is 32.1.